The van der Waals surface area contributed by atoms with Gasteiger partial charge in [-0.3, -0.25) is 9.36 Å². The van der Waals surface area contributed by atoms with Crippen molar-refractivity contribution in [1.82, 2.24) is 9.13 Å². The fourth-order valence-corrected chi connectivity index (χ4v) is 7.39. The van der Waals surface area contributed by atoms with Crippen LogP contribution >= 0.6 is 22.9 Å². The van der Waals surface area contributed by atoms with Crippen LogP contribution in [0.3, 0.4) is 0 Å². The summed E-state index contributed by atoms with van der Waals surface area (Å²) >= 11 is 8.23. The van der Waals surface area contributed by atoms with Crippen LogP contribution in [0.25, 0.3) is 17.5 Å². The molecule has 2 aliphatic rings. The summed E-state index contributed by atoms with van der Waals surface area (Å²) in [5, 5.41) is 0.663. The lowest BCUT2D eigenvalue weighted by molar-refractivity contribution is 0.585. The van der Waals surface area contributed by atoms with Gasteiger partial charge in [0.05, 0.1) is 16.3 Å². The van der Waals surface area contributed by atoms with Crippen molar-refractivity contribution in [2.24, 2.45) is 4.99 Å². The number of hydrogen-bond acceptors (Lipinski definition) is 3. The maximum atomic E-state index is 14.2. The summed E-state index contributed by atoms with van der Waals surface area (Å²) in [7, 11) is 0. The van der Waals surface area contributed by atoms with Gasteiger partial charge in [0.1, 0.15) is 0 Å². The Balaban J connectivity index is 1.45. The fourth-order valence-electron chi connectivity index (χ4n) is 6.16. The SMILES string of the molecule is Cc1ccc(-n2c(C)cc(/C=c3/sc4n(c3=O)C(c3ccccc3Cl)C3=C(N=4)c4ccccc4CC3)c2C)cc1. The summed E-state index contributed by atoms with van der Waals surface area (Å²) in [6.07, 6.45) is 3.78. The molecule has 0 saturated heterocycles. The summed E-state index contributed by atoms with van der Waals surface area (Å²) in [6, 6.07) is 26.7. The van der Waals surface area contributed by atoms with Crippen molar-refractivity contribution >= 4 is 34.7 Å². The van der Waals surface area contributed by atoms with Crippen LogP contribution in [-0.2, 0) is 6.42 Å². The number of nitrogens with zero attached hydrogens (tertiary/aromatic N) is 3. The maximum Gasteiger partial charge on any atom is 0.271 e. The molecule has 40 heavy (non-hydrogen) atoms. The normalized spacial score (nSPS) is 16.4. The van der Waals surface area contributed by atoms with Crippen LogP contribution in [-0.4, -0.2) is 9.13 Å². The minimum Gasteiger partial charge on any atom is -0.318 e. The lowest BCUT2D eigenvalue weighted by Gasteiger charge is -2.31. The molecule has 7 rings (SSSR count). The van der Waals surface area contributed by atoms with Gasteiger partial charge in [-0.25, -0.2) is 4.99 Å². The zero-order valence-corrected chi connectivity index (χ0v) is 24.2. The van der Waals surface area contributed by atoms with E-state index in [2.05, 4.69) is 79.9 Å². The Labute approximate surface area is 241 Å². The number of benzene rings is 3. The second-order valence-corrected chi connectivity index (χ2v) is 12.0. The predicted octanol–water partition coefficient (Wildman–Crippen LogP) is 6.69. The van der Waals surface area contributed by atoms with Crippen molar-refractivity contribution in [3.8, 4) is 5.69 Å². The third-order valence-corrected chi connectivity index (χ3v) is 9.45. The summed E-state index contributed by atoms with van der Waals surface area (Å²) in [4.78, 5) is 20.0. The molecule has 0 saturated carbocycles. The average molecular weight is 562 g/mol. The summed E-state index contributed by atoms with van der Waals surface area (Å²) in [6.45, 7) is 6.31. The number of hydrogen-bond donors (Lipinski definition) is 0. The quantitative estimate of drug-likeness (QED) is 0.242. The van der Waals surface area contributed by atoms with Crippen LogP contribution in [0.2, 0.25) is 5.02 Å². The molecule has 0 N–H and O–H groups in total. The minimum atomic E-state index is -0.282. The number of aromatic nitrogens is 2. The van der Waals surface area contributed by atoms with Crippen molar-refractivity contribution in [3.05, 3.63) is 148 Å². The molecular weight excluding hydrogens is 534 g/mol. The molecule has 2 aromatic heterocycles. The van der Waals surface area contributed by atoms with Gasteiger partial charge in [0.25, 0.3) is 5.56 Å². The number of thiazole rings is 1. The topological polar surface area (TPSA) is 39.3 Å². The lowest BCUT2D eigenvalue weighted by atomic mass is 9.83. The number of rotatable bonds is 3. The lowest BCUT2D eigenvalue weighted by Crippen LogP contribution is -2.38. The van der Waals surface area contributed by atoms with Gasteiger partial charge in [0, 0.05) is 27.7 Å². The second kappa shape index (κ2) is 9.61. The van der Waals surface area contributed by atoms with E-state index in [0.29, 0.717) is 14.4 Å². The van der Waals surface area contributed by atoms with Gasteiger partial charge in [-0.05, 0) is 86.2 Å². The molecule has 198 valence electrons. The minimum absolute atomic E-state index is 0.0285. The molecule has 1 aliphatic carbocycles. The van der Waals surface area contributed by atoms with E-state index in [1.54, 1.807) is 0 Å². The van der Waals surface area contributed by atoms with Crippen molar-refractivity contribution in [2.75, 3.05) is 0 Å². The van der Waals surface area contributed by atoms with Crippen molar-refractivity contribution in [3.63, 3.8) is 0 Å². The van der Waals surface area contributed by atoms with Crippen LogP contribution in [0.15, 0.2) is 94.2 Å². The molecular formula is C34H28ClN3OS. The van der Waals surface area contributed by atoms with Gasteiger partial charge in [-0.15, -0.1) is 0 Å². The van der Waals surface area contributed by atoms with Crippen LogP contribution in [0.5, 0.6) is 0 Å². The third-order valence-electron chi connectivity index (χ3n) is 8.12. The average Bonchev–Trinajstić information content (AvgIpc) is 3.42. The zero-order valence-electron chi connectivity index (χ0n) is 22.6. The molecule has 1 aliphatic heterocycles. The van der Waals surface area contributed by atoms with E-state index in [4.69, 9.17) is 16.6 Å². The Kier molecular flexibility index (Phi) is 6.02. The molecule has 3 aromatic carbocycles. The van der Waals surface area contributed by atoms with Crippen molar-refractivity contribution < 1.29 is 0 Å². The Morgan fingerprint density at radius 3 is 2.50 bits per heavy atom. The van der Waals surface area contributed by atoms with E-state index in [9.17, 15) is 4.79 Å². The van der Waals surface area contributed by atoms with E-state index in [1.807, 2.05) is 34.9 Å². The van der Waals surface area contributed by atoms with Crippen LogP contribution < -0.4 is 14.9 Å². The Bertz CT molecular complexity index is 2020. The van der Waals surface area contributed by atoms with Crippen LogP contribution in [0.4, 0.5) is 0 Å². The molecule has 0 bridgehead atoms. The van der Waals surface area contributed by atoms with Gasteiger partial charge < -0.3 is 4.57 Å². The number of halogens is 1. The molecule has 4 nitrogen and oxygen atoms in total. The Hall–Kier alpha value is -3.93. The van der Waals surface area contributed by atoms with Crippen LogP contribution in [0, 0.1) is 20.8 Å². The summed E-state index contributed by atoms with van der Waals surface area (Å²) < 4.78 is 4.78. The first-order chi connectivity index (χ1) is 19.4. The summed E-state index contributed by atoms with van der Waals surface area (Å²) in [5.41, 5.74) is 11.1. The first kappa shape index (κ1) is 25.1. The zero-order chi connectivity index (χ0) is 27.5. The first-order valence-corrected chi connectivity index (χ1v) is 14.7. The fraction of sp³-hybridized carbons (Fsp3) is 0.176. The van der Waals surface area contributed by atoms with Gasteiger partial charge in [0.15, 0.2) is 4.80 Å². The highest BCUT2D eigenvalue weighted by atomic mass is 35.5. The monoisotopic (exact) mass is 561 g/mol. The Morgan fingerprint density at radius 1 is 0.950 bits per heavy atom. The van der Waals surface area contributed by atoms with E-state index in [1.165, 1.54) is 22.5 Å². The third kappa shape index (κ3) is 3.95. The number of allylic oxidation sites excluding steroid dienone is 1. The van der Waals surface area contributed by atoms with E-state index in [0.717, 1.165) is 57.9 Å². The van der Waals surface area contributed by atoms with Gasteiger partial charge in [-0.2, -0.15) is 0 Å². The predicted molar refractivity (Wildman–Crippen MR) is 164 cm³/mol. The highest BCUT2D eigenvalue weighted by Crippen LogP contribution is 2.42. The van der Waals surface area contributed by atoms with E-state index >= 15 is 0 Å². The van der Waals surface area contributed by atoms with Gasteiger partial charge >= 0.3 is 0 Å². The summed E-state index contributed by atoms with van der Waals surface area (Å²) in [5.74, 6) is 0. The van der Waals surface area contributed by atoms with E-state index < -0.39 is 0 Å². The van der Waals surface area contributed by atoms with Crippen LogP contribution in [0.1, 0.15) is 51.7 Å². The highest BCUT2D eigenvalue weighted by molar-refractivity contribution is 7.07. The molecule has 1 unspecified atom stereocenters. The molecule has 6 heteroatoms. The van der Waals surface area contributed by atoms with Gasteiger partial charge in [-0.1, -0.05) is 83.1 Å². The molecule has 1 atom stereocenters. The first-order valence-electron chi connectivity index (χ1n) is 13.5. The molecule has 5 aromatic rings. The molecule has 0 amide bonds. The molecule has 0 radical (unpaired) electrons. The highest BCUT2D eigenvalue weighted by Gasteiger charge is 2.33. The largest absolute Gasteiger partial charge is 0.318 e. The van der Waals surface area contributed by atoms with Gasteiger partial charge in [0.2, 0.25) is 0 Å². The van der Waals surface area contributed by atoms with Crippen molar-refractivity contribution in [2.45, 2.75) is 39.7 Å². The maximum absolute atomic E-state index is 14.2. The molecule has 0 spiro atoms. The molecule has 3 heterocycles. The smallest absolute Gasteiger partial charge is 0.271 e. The molecule has 0 fully saturated rings. The van der Waals surface area contributed by atoms with E-state index in [-0.39, 0.29) is 11.6 Å². The Morgan fingerprint density at radius 2 is 1.70 bits per heavy atom. The standard InChI is InChI=1S/C34H28ClN3OS/c1-20-12-15-25(16-13-20)37-21(2)18-24(22(37)3)19-30-33(39)38-32(27-10-6-7-11-29(27)35)28-17-14-23-8-4-5-9-26(23)31(28)36-34(38)40-30/h4-13,15-16,18-19,32H,14,17H2,1-3H3/b30-19+. The second-order valence-electron chi connectivity index (χ2n) is 10.6. The number of fused-ring (bicyclic) bond motifs is 3. The number of aryl methyl sites for hydroxylation is 3. The van der Waals surface area contributed by atoms with Crippen molar-refractivity contribution in [1.29, 1.82) is 0 Å².